The first-order chi connectivity index (χ1) is 9.70. The normalized spacial score (nSPS) is 12.1. The fourth-order valence-electron chi connectivity index (χ4n) is 2.31. The fourth-order valence-corrected chi connectivity index (χ4v) is 2.31. The number of hydrogen-bond acceptors (Lipinski definition) is 3. The van der Waals surface area contributed by atoms with Crippen molar-refractivity contribution in [3.8, 4) is 0 Å². The van der Waals surface area contributed by atoms with Gasteiger partial charge in [0.2, 0.25) is 0 Å². The molecular formula is C16H17NO3. The maximum atomic E-state index is 10.6. The Hall–Kier alpha value is -2.20. The summed E-state index contributed by atoms with van der Waals surface area (Å²) >= 11 is 0. The van der Waals surface area contributed by atoms with Gasteiger partial charge < -0.3 is 5.11 Å². The van der Waals surface area contributed by atoms with Gasteiger partial charge in [-0.1, -0.05) is 42.5 Å². The minimum atomic E-state index is -0.397. The molecule has 0 unspecified atom stereocenters. The van der Waals surface area contributed by atoms with E-state index in [0.717, 1.165) is 12.0 Å². The molecular weight excluding hydrogens is 254 g/mol. The Morgan fingerprint density at radius 2 is 1.70 bits per heavy atom. The van der Waals surface area contributed by atoms with Gasteiger partial charge in [-0.25, -0.2) is 0 Å². The van der Waals surface area contributed by atoms with Crippen LogP contribution in [0.15, 0.2) is 54.6 Å². The van der Waals surface area contributed by atoms with Gasteiger partial charge >= 0.3 is 0 Å². The molecule has 0 saturated carbocycles. The standard InChI is InChI=1S/C16H17NO3/c18-11-10-15(14-4-2-1-3-5-14)12-13-6-8-16(9-7-13)17(19)20/h1-9,15,18H,10-12H2/t15-/m0/s1. The van der Waals surface area contributed by atoms with Gasteiger partial charge in [0, 0.05) is 18.7 Å². The molecule has 0 heterocycles. The summed E-state index contributed by atoms with van der Waals surface area (Å²) < 4.78 is 0. The van der Waals surface area contributed by atoms with Crippen LogP contribution in [-0.4, -0.2) is 16.6 Å². The fraction of sp³-hybridized carbons (Fsp3) is 0.250. The van der Waals surface area contributed by atoms with Crippen molar-refractivity contribution in [2.75, 3.05) is 6.61 Å². The highest BCUT2D eigenvalue weighted by molar-refractivity contribution is 5.34. The largest absolute Gasteiger partial charge is 0.396 e. The zero-order valence-electron chi connectivity index (χ0n) is 11.1. The predicted molar refractivity (Wildman–Crippen MR) is 77.7 cm³/mol. The van der Waals surface area contributed by atoms with Crippen LogP contribution in [0.5, 0.6) is 0 Å². The molecule has 0 fully saturated rings. The molecule has 0 aliphatic rings. The molecule has 0 aromatic heterocycles. The van der Waals surface area contributed by atoms with E-state index >= 15 is 0 Å². The van der Waals surface area contributed by atoms with Crippen LogP contribution < -0.4 is 0 Å². The average molecular weight is 271 g/mol. The van der Waals surface area contributed by atoms with Gasteiger partial charge in [0.05, 0.1) is 4.92 Å². The third-order valence-corrected chi connectivity index (χ3v) is 3.38. The lowest BCUT2D eigenvalue weighted by Gasteiger charge is -2.16. The first-order valence-corrected chi connectivity index (χ1v) is 6.60. The van der Waals surface area contributed by atoms with E-state index < -0.39 is 4.92 Å². The highest BCUT2D eigenvalue weighted by Crippen LogP contribution is 2.25. The third-order valence-electron chi connectivity index (χ3n) is 3.38. The van der Waals surface area contributed by atoms with Crippen LogP contribution >= 0.6 is 0 Å². The van der Waals surface area contributed by atoms with Gasteiger partial charge in [0.15, 0.2) is 0 Å². The van der Waals surface area contributed by atoms with Crippen LogP contribution in [0.3, 0.4) is 0 Å². The molecule has 0 bridgehead atoms. The number of non-ortho nitro benzene ring substituents is 1. The predicted octanol–water partition coefficient (Wildman–Crippen LogP) is 3.30. The minimum absolute atomic E-state index is 0.104. The molecule has 0 radical (unpaired) electrons. The highest BCUT2D eigenvalue weighted by Gasteiger charge is 2.12. The van der Waals surface area contributed by atoms with Crippen molar-refractivity contribution in [3.05, 3.63) is 75.8 Å². The zero-order chi connectivity index (χ0) is 14.4. The van der Waals surface area contributed by atoms with Gasteiger partial charge in [-0.3, -0.25) is 10.1 Å². The van der Waals surface area contributed by atoms with Crippen molar-refractivity contribution < 1.29 is 10.0 Å². The van der Waals surface area contributed by atoms with Crippen molar-refractivity contribution in [2.45, 2.75) is 18.8 Å². The van der Waals surface area contributed by atoms with Crippen molar-refractivity contribution in [2.24, 2.45) is 0 Å². The Morgan fingerprint density at radius 3 is 2.25 bits per heavy atom. The number of aliphatic hydroxyl groups excluding tert-OH is 1. The number of rotatable bonds is 6. The Morgan fingerprint density at radius 1 is 1.05 bits per heavy atom. The van der Waals surface area contributed by atoms with E-state index in [1.54, 1.807) is 12.1 Å². The molecule has 0 spiro atoms. The summed E-state index contributed by atoms with van der Waals surface area (Å²) in [6, 6.07) is 16.6. The lowest BCUT2D eigenvalue weighted by atomic mass is 9.89. The number of aliphatic hydroxyl groups is 1. The van der Waals surface area contributed by atoms with Crippen LogP contribution in [0, 0.1) is 10.1 Å². The van der Waals surface area contributed by atoms with Gasteiger partial charge in [0.1, 0.15) is 0 Å². The molecule has 104 valence electrons. The topological polar surface area (TPSA) is 63.4 Å². The highest BCUT2D eigenvalue weighted by atomic mass is 16.6. The Bertz CT molecular complexity index is 552. The quantitative estimate of drug-likeness (QED) is 0.647. The smallest absolute Gasteiger partial charge is 0.269 e. The van der Waals surface area contributed by atoms with Gasteiger partial charge in [-0.2, -0.15) is 0 Å². The van der Waals surface area contributed by atoms with E-state index in [1.807, 2.05) is 30.3 Å². The molecule has 4 nitrogen and oxygen atoms in total. The van der Waals surface area contributed by atoms with Crippen molar-refractivity contribution >= 4 is 5.69 Å². The summed E-state index contributed by atoms with van der Waals surface area (Å²) in [6.45, 7) is 0.131. The second-order valence-electron chi connectivity index (χ2n) is 4.75. The van der Waals surface area contributed by atoms with E-state index in [1.165, 1.54) is 17.7 Å². The summed E-state index contributed by atoms with van der Waals surface area (Å²) in [4.78, 5) is 10.2. The van der Waals surface area contributed by atoms with E-state index in [9.17, 15) is 15.2 Å². The van der Waals surface area contributed by atoms with E-state index in [0.29, 0.717) is 6.42 Å². The number of hydrogen-bond donors (Lipinski definition) is 1. The van der Waals surface area contributed by atoms with Gasteiger partial charge in [-0.15, -0.1) is 0 Å². The molecule has 0 aliphatic carbocycles. The molecule has 1 N–H and O–H groups in total. The van der Waals surface area contributed by atoms with Gasteiger partial charge in [-0.05, 0) is 29.9 Å². The number of benzene rings is 2. The first-order valence-electron chi connectivity index (χ1n) is 6.60. The first kappa shape index (κ1) is 14.2. The Kier molecular flexibility index (Phi) is 4.85. The lowest BCUT2D eigenvalue weighted by molar-refractivity contribution is -0.384. The third kappa shape index (κ3) is 3.65. The second-order valence-corrected chi connectivity index (χ2v) is 4.75. The lowest BCUT2D eigenvalue weighted by Crippen LogP contribution is -2.05. The SMILES string of the molecule is O=[N+]([O-])c1ccc(C[C@H](CCO)c2ccccc2)cc1. The molecule has 2 aromatic carbocycles. The number of nitrogens with zero attached hydrogens (tertiary/aromatic N) is 1. The summed E-state index contributed by atoms with van der Waals surface area (Å²) in [6.07, 6.45) is 1.45. The number of nitro groups is 1. The van der Waals surface area contributed by atoms with Gasteiger partial charge in [0.25, 0.3) is 5.69 Å². The van der Waals surface area contributed by atoms with Crippen LogP contribution in [-0.2, 0) is 6.42 Å². The maximum absolute atomic E-state index is 10.6. The Labute approximate surface area is 117 Å². The summed E-state index contributed by atoms with van der Waals surface area (Å²) in [5, 5.41) is 19.8. The molecule has 1 atom stereocenters. The monoisotopic (exact) mass is 271 g/mol. The average Bonchev–Trinajstić information content (AvgIpc) is 2.48. The van der Waals surface area contributed by atoms with Crippen molar-refractivity contribution in [1.82, 2.24) is 0 Å². The molecule has 0 amide bonds. The van der Waals surface area contributed by atoms with E-state index in [-0.39, 0.29) is 18.2 Å². The number of nitro benzene ring substituents is 1. The Balaban J connectivity index is 2.14. The van der Waals surface area contributed by atoms with Crippen molar-refractivity contribution in [1.29, 1.82) is 0 Å². The van der Waals surface area contributed by atoms with Crippen LogP contribution in [0.25, 0.3) is 0 Å². The van der Waals surface area contributed by atoms with E-state index in [2.05, 4.69) is 0 Å². The maximum Gasteiger partial charge on any atom is 0.269 e. The summed E-state index contributed by atoms with van der Waals surface area (Å²) in [5.74, 6) is 0.225. The van der Waals surface area contributed by atoms with Crippen LogP contribution in [0.2, 0.25) is 0 Å². The van der Waals surface area contributed by atoms with Crippen LogP contribution in [0.4, 0.5) is 5.69 Å². The molecule has 2 rings (SSSR count). The molecule has 20 heavy (non-hydrogen) atoms. The van der Waals surface area contributed by atoms with Crippen molar-refractivity contribution in [3.63, 3.8) is 0 Å². The molecule has 2 aromatic rings. The second kappa shape index (κ2) is 6.82. The zero-order valence-corrected chi connectivity index (χ0v) is 11.1. The summed E-state index contributed by atoms with van der Waals surface area (Å²) in [7, 11) is 0. The summed E-state index contributed by atoms with van der Waals surface area (Å²) in [5.41, 5.74) is 2.32. The van der Waals surface area contributed by atoms with Crippen LogP contribution in [0.1, 0.15) is 23.5 Å². The minimum Gasteiger partial charge on any atom is -0.396 e. The molecule has 0 aliphatic heterocycles. The van der Waals surface area contributed by atoms with E-state index in [4.69, 9.17) is 0 Å². The molecule has 4 heteroatoms. The molecule has 0 saturated heterocycles.